The predicted octanol–water partition coefficient (Wildman–Crippen LogP) is 2.87. The van der Waals surface area contributed by atoms with Gasteiger partial charge < -0.3 is 0 Å². The van der Waals surface area contributed by atoms with E-state index >= 15 is 0 Å². The number of carbonyl (C=O) groups excluding carboxylic acids is 1. The van der Waals surface area contributed by atoms with Gasteiger partial charge in [0.15, 0.2) is 5.78 Å². The molecule has 0 aromatic heterocycles. The Morgan fingerprint density at radius 1 is 1.00 bits per heavy atom. The summed E-state index contributed by atoms with van der Waals surface area (Å²) in [6.07, 6.45) is 3.10. The Labute approximate surface area is 136 Å². The second kappa shape index (κ2) is 6.10. The number of hydrogen-bond acceptors (Lipinski definition) is 3. The summed E-state index contributed by atoms with van der Waals surface area (Å²) >= 11 is 0. The molecule has 0 bridgehead atoms. The third-order valence-electron chi connectivity index (χ3n) is 3.86. The molecule has 4 nitrogen and oxygen atoms in total. The van der Waals surface area contributed by atoms with E-state index in [2.05, 4.69) is 0 Å². The van der Waals surface area contributed by atoms with Crippen molar-refractivity contribution in [3.8, 4) is 0 Å². The van der Waals surface area contributed by atoms with Crippen LogP contribution in [0.5, 0.6) is 0 Å². The monoisotopic (exact) mass is 327 g/mol. The topological polar surface area (TPSA) is 54.5 Å². The summed E-state index contributed by atoms with van der Waals surface area (Å²) in [6, 6.07) is 15.5. The molecule has 1 aliphatic heterocycles. The summed E-state index contributed by atoms with van der Waals surface area (Å²) in [5.74, 6) is -0.215. The Hall–Kier alpha value is -2.24. The second-order valence-electron chi connectivity index (χ2n) is 5.54. The maximum Gasteiger partial charge on any atom is 0.244 e. The van der Waals surface area contributed by atoms with E-state index in [1.54, 1.807) is 30.3 Å². The molecule has 0 fully saturated rings. The van der Waals surface area contributed by atoms with Crippen LogP contribution in [0.3, 0.4) is 0 Å². The van der Waals surface area contributed by atoms with E-state index in [1.807, 2.05) is 37.3 Å². The Balaban J connectivity index is 2.05. The van der Waals surface area contributed by atoms with Crippen LogP contribution in [0.4, 0.5) is 0 Å². The first-order valence-electron chi connectivity index (χ1n) is 7.33. The Morgan fingerprint density at radius 2 is 1.65 bits per heavy atom. The molecule has 1 aliphatic rings. The molecule has 2 aromatic rings. The zero-order valence-electron chi connectivity index (χ0n) is 12.7. The third-order valence-corrected chi connectivity index (χ3v) is 5.70. The van der Waals surface area contributed by atoms with E-state index in [-0.39, 0.29) is 17.2 Å². The van der Waals surface area contributed by atoms with Crippen molar-refractivity contribution in [3.05, 3.63) is 77.9 Å². The molecule has 0 spiro atoms. The number of benzene rings is 2. The fourth-order valence-corrected chi connectivity index (χ4v) is 4.15. The predicted molar refractivity (Wildman–Crippen MR) is 88.4 cm³/mol. The van der Waals surface area contributed by atoms with E-state index in [4.69, 9.17) is 0 Å². The lowest BCUT2D eigenvalue weighted by Gasteiger charge is -2.31. The van der Waals surface area contributed by atoms with Crippen LogP contribution in [-0.2, 0) is 14.8 Å². The Morgan fingerprint density at radius 3 is 2.30 bits per heavy atom. The minimum atomic E-state index is -3.75. The van der Waals surface area contributed by atoms with E-state index in [0.29, 0.717) is 0 Å². The molecule has 0 saturated carbocycles. The van der Waals surface area contributed by atoms with Gasteiger partial charge >= 0.3 is 0 Å². The summed E-state index contributed by atoms with van der Waals surface area (Å²) in [5, 5.41) is 0. The molecule has 5 heteroatoms. The van der Waals surface area contributed by atoms with E-state index in [0.717, 1.165) is 11.1 Å². The summed E-state index contributed by atoms with van der Waals surface area (Å²) < 4.78 is 27.2. The van der Waals surface area contributed by atoms with Gasteiger partial charge in [0.1, 0.15) is 0 Å². The van der Waals surface area contributed by atoms with Crippen molar-refractivity contribution >= 4 is 15.8 Å². The molecule has 118 valence electrons. The van der Waals surface area contributed by atoms with Gasteiger partial charge in [0.05, 0.1) is 17.5 Å². The van der Waals surface area contributed by atoms with Gasteiger partial charge in [0.25, 0.3) is 0 Å². The highest BCUT2D eigenvalue weighted by Gasteiger charge is 2.34. The highest BCUT2D eigenvalue weighted by atomic mass is 32.2. The standard InChI is InChI=1S/C18H17NO3S/c1-14-7-10-17(11-8-14)23(21,22)19-13-16(20)9-12-18(19)15-5-3-2-4-6-15/h2-12,18H,13H2,1H3. The number of aryl methyl sites for hydroxylation is 1. The molecule has 0 aliphatic carbocycles. The normalized spacial score (nSPS) is 19.0. The van der Waals surface area contributed by atoms with E-state index in [1.165, 1.54) is 10.4 Å². The zero-order chi connectivity index (χ0) is 16.4. The molecule has 3 rings (SSSR count). The smallest absolute Gasteiger partial charge is 0.244 e. The molecule has 0 amide bonds. The highest BCUT2D eigenvalue weighted by molar-refractivity contribution is 7.89. The summed E-state index contributed by atoms with van der Waals surface area (Å²) in [6.45, 7) is 1.75. The maximum atomic E-state index is 13.0. The van der Waals surface area contributed by atoms with E-state index < -0.39 is 16.1 Å². The van der Waals surface area contributed by atoms with Gasteiger partial charge in [-0.1, -0.05) is 54.1 Å². The molecular formula is C18H17NO3S. The van der Waals surface area contributed by atoms with Gasteiger partial charge in [-0.15, -0.1) is 0 Å². The van der Waals surface area contributed by atoms with Gasteiger partial charge in [-0.2, -0.15) is 4.31 Å². The van der Waals surface area contributed by atoms with Gasteiger partial charge in [-0.25, -0.2) is 8.42 Å². The average Bonchev–Trinajstić information content (AvgIpc) is 2.56. The van der Waals surface area contributed by atoms with Crippen molar-refractivity contribution in [1.82, 2.24) is 4.31 Å². The van der Waals surface area contributed by atoms with Gasteiger partial charge in [-0.05, 0) is 30.7 Å². The van der Waals surface area contributed by atoms with Crippen molar-refractivity contribution in [2.45, 2.75) is 17.9 Å². The van der Waals surface area contributed by atoms with Gasteiger partial charge in [0, 0.05) is 0 Å². The Kier molecular flexibility index (Phi) is 4.15. The third kappa shape index (κ3) is 3.11. The van der Waals surface area contributed by atoms with Crippen LogP contribution in [0.1, 0.15) is 17.2 Å². The summed E-state index contributed by atoms with van der Waals surface area (Å²) in [4.78, 5) is 12.0. The molecule has 0 saturated heterocycles. The van der Waals surface area contributed by atoms with Crippen molar-refractivity contribution in [3.63, 3.8) is 0 Å². The largest absolute Gasteiger partial charge is 0.293 e. The Bertz CT molecular complexity index is 840. The first-order chi connectivity index (χ1) is 11.0. The molecule has 2 aromatic carbocycles. The highest BCUT2D eigenvalue weighted by Crippen LogP contribution is 2.31. The van der Waals surface area contributed by atoms with Gasteiger partial charge in [0.2, 0.25) is 10.0 Å². The zero-order valence-corrected chi connectivity index (χ0v) is 13.5. The van der Waals surface area contributed by atoms with Crippen molar-refractivity contribution in [1.29, 1.82) is 0 Å². The number of rotatable bonds is 3. The van der Waals surface area contributed by atoms with Crippen LogP contribution in [0, 0.1) is 6.92 Å². The van der Waals surface area contributed by atoms with E-state index in [9.17, 15) is 13.2 Å². The molecule has 0 N–H and O–H groups in total. The number of ketones is 1. The van der Waals surface area contributed by atoms with Crippen molar-refractivity contribution < 1.29 is 13.2 Å². The van der Waals surface area contributed by atoms with Crippen molar-refractivity contribution in [2.24, 2.45) is 0 Å². The molecule has 0 radical (unpaired) electrons. The fraction of sp³-hybridized carbons (Fsp3) is 0.167. The fourth-order valence-electron chi connectivity index (χ4n) is 2.61. The van der Waals surface area contributed by atoms with Crippen LogP contribution in [0.15, 0.2) is 71.6 Å². The molecule has 1 atom stereocenters. The van der Waals surface area contributed by atoms with Gasteiger partial charge in [-0.3, -0.25) is 4.79 Å². The molecule has 23 heavy (non-hydrogen) atoms. The summed E-state index contributed by atoms with van der Waals surface area (Å²) in [5.41, 5.74) is 1.82. The number of sulfonamides is 1. The SMILES string of the molecule is Cc1ccc(S(=O)(=O)N2CC(=O)C=CC2c2ccccc2)cc1. The maximum absolute atomic E-state index is 13.0. The first kappa shape index (κ1) is 15.6. The van der Waals surface area contributed by atoms with Crippen LogP contribution in [-0.4, -0.2) is 25.1 Å². The molecule has 1 unspecified atom stereocenters. The first-order valence-corrected chi connectivity index (χ1v) is 8.77. The number of nitrogens with zero attached hydrogens (tertiary/aromatic N) is 1. The quantitative estimate of drug-likeness (QED) is 0.871. The number of hydrogen-bond donors (Lipinski definition) is 0. The van der Waals surface area contributed by atoms with Crippen molar-refractivity contribution in [2.75, 3.05) is 6.54 Å². The lowest BCUT2D eigenvalue weighted by Crippen LogP contribution is -2.40. The second-order valence-corrected chi connectivity index (χ2v) is 7.43. The average molecular weight is 327 g/mol. The van der Waals surface area contributed by atoms with Crippen LogP contribution >= 0.6 is 0 Å². The lowest BCUT2D eigenvalue weighted by molar-refractivity contribution is -0.115. The molecular weight excluding hydrogens is 310 g/mol. The molecule has 1 heterocycles. The van der Waals surface area contributed by atoms with Crippen LogP contribution in [0.25, 0.3) is 0 Å². The van der Waals surface area contributed by atoms with Crippen LogP contribution < -0.4 is 0 Å². The summed E-state index contributed by atoms with van der Waals surface area (Å²) in [7, 11) is -3.75. The number of carbonyl (C=O) groups is 1. The lowest BCUT2D eigenvalue weighted by atomic mass is 10.0. The minimum absolute atomic E-state index is 0.147. The minimum Gasteiger partial charge on any atom is -0.293 e. The van der Waals surface area contributed by atoms with Crippen LogP contribution in [0.2, 0.25) is 0 Å².